The van der Waals surface area contributed by atoms with Crippen LogP contribution >= 0.6 is 0 Å². The molecule has 2 heterocycles. The van der Waals surface area contributed by atoms with Crippen molar-refractivity contribution in [1.82, 2.24) is 19.5 Å². The predicted octanol–water partition coefficient (Wildman–Crippen LogP) is -0.432. The fourth-order valence-corrected chi connectivity index (χ4v) is 3.81. The Labute approximate surface area is 125 Å². The average molecular weight is 316 g/mol. The second kappa shape index (κ2) is 6.30. The Balaban J connectivity index is 2.07. The van der Waals surface area contributed by atoms with E-state index in [9.17, 15) is 8.42 Å². The van der Waals surface area contributed by atoms with E-state index in [4.69, 9.17) is 11.6 Å². The molecule has 21 heavy (non-hydrogen) atoms. The molecule has 1 aliphatic rings. The Morgan fingerprint density at radius 2 is 2.29 bits per heavy atom. The van der Waals surface area contributed by atoms with Crippen LogP contribution in [0, 0.1) is 5.92 Å². The second-order valence-corrected chi connectivity index (χ2v) is 7.68. The Morgan fingerprint density at radius 1 is 1.57 bits per heavy atom. The minimum Gasteiger partial charge on any atom is -0.384 e. The van der Waals surface area contributed by atoms with Crippen LogP contribution in [-0.2, 0) is 17.1 Å². The van der Waals surface area contributed by atoms with Gasteiger partial charge in [0.2, 0.25) is 10.0 Å². The number of aryl methyl sites for hydroxylation is 1. The number of hydrogen-bond donors (Lipinski definition) is 3. The van der Waals surface area contributed by atoms with E-state index in [-0.39, 0.29) is 12.0 Å². The van der Waals surface area contributed by atoms with E-state index in [1.807, 2.05) is 0 Å². The molecular weight excluding hydrogens is 292 g/mol. The number of nitrogen functional groups attached to an aromatic ring is 1. The largest absolute Gasteiger partial charge is 0.384 e. The number of sulfonamides is 1. The summed E-state index contributed by atoms with van der Waals surface area (Å²) in [6.07, 6.45) is 5.56. The van der Waals surface area contributed by atoms with Crippen LogP contribution in [0.15, 0.2) is 6.20 Å². The van der Waals surface area contributed by atoms with Crippen LogP contribution in [0.5, 0.6) is 0 Å². The first-order valence-corrected chi connectivity index (χ1v) is 8.86. The predicted molar refractivity (Wildman–Crippen MR) is 81.4 cm³/mol. The molecule has 0 radical (unpaired) electrons. The molecule has 0 aliphatic carbocycles. The first-order valence-electron chi connectivity index (χ1n) is 7.01. The summed E-state index contributed by atoms with van der Waals surface area (Å²) in [6.45, 7) is 1.14. The molecule has 1 saturated heterocycles. The van der Waals surface area contributed by atoms with Gasteiger partial charge in [-0.15, -0.1) is 0 Å². The minimum atomic E-state index is -3.13. The molecule has 1 fully saturated rings. The Hall–Kier alpha value is -1.16. The number of hydrazine groups is 1. The number of anilines is 1. The van der Waals surface area contributed by atoms with Crippen molar-refractivity contribution < 1.29 is 8.42 Å². The third-order valence-corrected chi connectivity index (χ3v) is 5.38. The van der Waals surface area contributed by atoms with E-state index >= 15 is 0 Å². The molecule has 9 heteroatoms. The topological polar surface area (TPSA) is 119 Å². The fourth-order valence-electron chi connectivity index (χ4n) is 2.87. The van der Waals surface area contributed by atoms with E-state index in [0.717, 1.165) is 24.8 Å². The lowest BCUT2D eigenvalue weighted by atomic mass is 9.90. The van der Waals surface area contributed by atoms with Crippen molar-refractivity contribution in [1.29, 1.82) is 0 Å². The lowest BCUT2D eigenvalue weighted by molar-refractivity contribution is 0.238. The number of aromatic nitrogens is 2. The zero-order valence-electron chi connectivity index (χ0n) is 12.5. The Kier molecular flexibility index (Phi) is 4.87. The zero-order valence-corrected chi connectivity index (χ0v) is 13.3. The van der Waals surface area contributed by atoms with Gasteiger partial charge in [0.05, 0.1) is 18.5 Å². The molecule has 1 aromatic rings. The van der Waals surface area contributed by atoms with Crippen molar-refractivity contribution in [2.45, 2.75) is 25.3 Å². The van der Waals surface area contributed by atoms with Gasteiger partial charge in [0, 0.05) is 25.7 Å². The van der Waals surface area contributed by atoms with Crippen molar-refractivity contribution in [3.8, 4) is 0 Å². The lowest BCUT2D eigenvalue weighted by Crippen LogP contribution is -2.41. The van der Waals surface area contributed by atoms with Crippen molar-refractivity contribution in [2.75, 3.05) is 25.1 Å². The van der Waals surface area contributed by atoms with Crippen LogP contribution in [0.1, 0.15) is 30.9 Å². The molecule has 2 atom stereocenters. The van der Waals surface area contributed by atoms with Gasteiger partial charge in [-0.3, -0.25) is 16.0 Å². The summed E-state index contributed by atoms with van der Waals surface area (Å²) in [5.74, 6) is 6.48. The van der Waals surface area contributed by atoms with Gasteiger partial charge in [-0.2, -0.15) is 5.10 Å². The fraction of sp³-hybridized carbons (Fsp3) is 0.750. The maximum atomic E-state index is 11.7. The van der Waals surface area contributed by atoms with Gasteiger partial charge in [-0.05, 0) is 25.2 Å². The second-order valence-electron chi connectivity index (χ2n) is 5.69. The monoisotopic (exact) mass is 316 g/mol. The first kappa shape index (κ1) is 16.2. The van der Waals surface area contributed by atoms with Gasteiger partial charge in [-0.1, -0.05) is 0 Å². The summed E-state index contributed by atoms with van der Waals surface area (Å²) in [4.78, 5) is 0. The molecule has 1 aromatic heterocycles. The number of hydrogen-bond acceptors (Lipinski definition) is 6. The maximum Gasteiger partial charge on any atom is 0.211 e. The van der Waals surface area contributed by atoms with Gasteiger partial charge in [-0.25, -0.2) is 12.7 Å². The van der Waals surface area contributed by atoms with Gasteiger partial charge in [0.15, 0.2) is 0 Å². The highest BCUT2D eigenvalue weighted by Crippen LogP contribution is 2.30. The zero-order chi connectivity index (χ0) is 15.6. The molecule has 1 aliphatic heterocycles. The molecule has 0 aromatic carbocycles. The molecule has 2 unspecified atom stereocenters. The number of rotatable bonds is 5. The number of piperidine rings is 1. The third-order valence-electron chi connectivity index (χ3n) is 4.11. The highest BCUT2D eigenvalue weighted by atomic mass is 32.2. The molecule has 0 spiro atoms. The van der Waals surface area contributed by atoms with E-state index < -0.39 is 10.0 Å². The summed E-state index contributed by atoms with van der Waals surface area (Å²) >= 11 is 0. The standard InChI is InChI=1S/C12H24N6O2S/c1-17-12(13)10(7-15-17)11(16-14)6-9-4-3-5-18(8-9)21(2,19)20/h7,9,11,16H,3-6,8,13-14H2,1-2H3. The van der Waals surface area contributed by atoms with E-state index in [1.54, 1.807) is 22.2 Å². The summed E-state index contributed by atoms with van der Waals surface area (Å²) in [5.41, 5.74) is 9.61. The smallest absolute Gasteiger partial charge is 0.211 e. The van der Waals surface area contributed by atoms with E-state index in [0.29, 0.717) is 18.9 Å². The van der Waals surface area contributed by atoms with Crippen molar-refractivity contribution >= 4 is 15.8 Å². The number of nitrogens with one attached hydrogen (secondary N) is 1. The van der Waals surface area contributed by atoms with Gasteiger partial charge >= 0.3 is 0 Å². The first-order chi connectivity index (χ1) is 9.82. The number of nitrogens with zero attached hydrogens (tertiary/aromatic N) is 3. The van der Waals surface area contributed by atoms with Crippen LogP contribution < -0.4 is 17.0 Å². The molecule has 0 bridgehead atoms. The maximum absolute atomic E-state index is 11.7. The summed E-state index contributed by atoms with van der Waals surface area (Å²) in [6, 6.07) is -0.122. The van der Waals surface area contributed by atoms with Crippen molar-refractivity contribution in [3.05, 3.63) is 11.8 Å². The quantitative estimate of drug-likeness (QED) is 0.501. The van der Waals surface area contributed by atoms with Crippen molar-refractivity contribution in [3.63, 3.8) is 0 Å². The Morgan fingerprint density at radius 3 is 2.81 bits per heavy atom. The van der Waals surface area contributed by atoms with E-state index in [2.05, 4.69) is 10.5 Å². The number of nitrogens with two attached hydrogens (primary N) is 2. The molecule has 2 rings (SSSR count). The molecule has 0 saturated carbocycles. The van der Waals surface area contributed by atoms with Gasteiger partial charge < -0.3 is 5.73 Å². The summed E-state index contributed by atoms with van der Waals surface area (Å²) in [7, 11) is -1.35. The summed E-state index contributed by atoms with van der Waals surface area (Å²) in [5, 5.41) is 4.12. The normalized spacial score (nSPS) is 22.3. The van der Waals surface area contributed by atoms with Crippen LogP contribution in [0.4, 0.5) is 5.82 Å². The lowest BCUT2D eigenvalue weighted by Gasteiger charge is -2.32. The molecule has 120 valence electrons. The highest BCUT2D eigenvalue weighted by molar-refractivity contribution is 7.88. The Bertz CT molecular complexity index is 585. The van der Waals surface area contributed by atoms with Crippen molar-refractivity contribution in [2.24, 2.45) is 18.8 Å². The highest BCUT2D eigenvalue weighted by Gasteiger charge is 2.28. The third kappa shape index (κ3) is 3.73. The van der Waals surface area contributed by atoms with Crippen LogP contribution in [0.25, 0.3) is 0 Å². The van der Waals surface area contributed by atoms with Crippen LogP contribution in [0.2, 0.25) is 0 Å². The summed E-state index contributed by atoms with van der Waals surface area (Å²) < 4.78 is 26.5. The molecule has 5 N–H and O–H groups in total. The molecular formula is C12H24N6O2S. The average Bonchev–Trinajstić information content (AvgIpc) is 2.76. The molecule has 8 nitrogen and oxygen atoms in total. The minimum absolute atomic E-state index is 0.122. The van der Waals surface area contributed by atoms with Gasteiger partial charge in [0.1, 0.15) is 5.82 Å². The van der Waals surface area contributed by atoms with E-state index in [1.165, 1.54) is 6.26 Å². The SMILES string of the molecule is Cn1ncc(C(CC2CCCN(S(C)(=O)=O)C2)NN)c1N. The van der Waals surface area contributed by atoms with Crippen LogP contribution in [0.3, 0.4) is 0 Å². The van der Waals surface area contributed by atoms with Crippen LogP contribution in [-0.4, -0.2) is 41.8 Å². The molecule has 0 amide bonds. The van der Waals surface area contributed by atoms with Gasteiger partial charge in [0.25, 0.3) is 0 Å².